The van der Waals surface area contributed by atoms with Crippen LogP contribution in [0.25, 0.3) is 0 Å². The molecule has 13 heavy (non-hydrogen) atoms. The largest absolute Gasteiger partial charge is 0.328 e. The van der Waals surface area contributed by atoms with E-state index in [1.165, 1.54) is 11.5 Å². The third kappa shape index (κ3) is 1.42. The second-order valence-corrected chi connectivity index (χ2v) is 4.14. The van der Waals surface area contributed by atoms with Crippen molar-refractivity contribution in [1.29, 1.82) is 0 Å². The Hall–Kier alpha value is -0.350. The van der Waals surface area contributed by atoms with Crippen molar-refractivity contribution in [2.45, 2.75) is 32.9 Å². The minimum absolute atomic E-state index is 0.413. The third-order valence-electron chi connectivity index (χ3n) is 2.55. The average molecular weight is 244 g/mol. The summed E-state index contributed by atoms with van der Waals surface area (Å²) < 4.78 is 3.33. The molecular weight excluding hydrogens is 230 g/mol. The molecule has 0 radical (unpaired) electrons. The van der Waals surface area contributed by atoms with Crippen LogP contribution in [0.15, 0.2) is 4.60 Å². The maximum atomic E-state index is 4.50. The Balaban J connectivity index is 2.51. The van der Waals surface area contributed by atoms with Crippen LogP contribution in [0.4, 0.5) is 0 Å². The van der Waals surface area contributed by atoms with Crippen LogP contribution < -0.4 is 5.32 Å². The van der Waals surface area contributed by atoms with Gasteiger partial charge in [-0.2, -0.15) is 0 Å². The fourth-order valence-corrected chi connectivity index (χ4v) is 2.66. The second-order valence-electron chi connectivity index (χ2n) is 3.39. The van der Waals surface area contributed by atoms with Crippen LogP contribution in [0.1, 0.15) is 31.4 Å². The number of rotatable bonds is 1. The summed E-state index contributed by atoms with van der Waals surface area (Å²) in [6.45, 7) is 6.41. The number of fused-ring (bicyclic) bond motifs is 1. The number of imidazole rings is 1. The molecule has 0 aromatic carbocycles. The molecule has 72 valence electrons. The number of hydrogen-bond acceptors (Lipinski definition) is 2. The molecule has 0 saturated heterocycles. The molecule has 0 aliphatic carbocycles. The zero-order valence-electron chi connectivity index (χ0n) is 7.97. The van der Waals surface area contributed by atoms with Crippen LogP contribution in [0.2, 0.25) is 0 Å². The summed E-state index contributed by atoms with van der Waals surface area (Å²) >= 11 is 3.51. The molecule has 0 spiro atoms. The maximum Gasteiger partial charge on any atom is 0.129 e. The van der Waals surface area contributed by atoms with Gasteiger partial charge in [-0.05, 0) is 22.9 Å². The molecule has 2 heterocycles. The van der Waals surface area contributed by atoms with Gasteiger partial charge >= 0.3 is 0 Å². The monoisotopic (exact) mass is 243 g/mol. The molecule has 1 aliphatic heterocycles. The van der Waals surface area contributed by atoms with Gasteiger partial charge in [-0.15, -0.1) is 0 Å². The van der Waals surface area contributed by atoms with Crippen molar-refractivity contribution < 1.29 is 0 Å². The first-order valence-electron chi connectivity index (χ1n) is 4.72. The number of aromatic nitrogens is 2. The highest BCUT2D eigenvalue weighted by Gasteiger charge is 2.22. The van der Waals surface area contributed by atoms with Crippen molar-refractivity contribution in [3.8, 4) is 0 Å². The molecule has 3 nitrogen and oxygen atoms in total. The molecule has 0 saturated carbocycles. The van der Waals surface area contributed by atoms with E-state index in [1.54, 1.807) is 0 Å². The lowest BCUT2D eigenvalue weighted by Crippen LogP contribution is -2.32. The highest BCUT2D eigenvalue weighted by atomic mass is 79.9. The lowest BCUT2D eigenvalue weighted by atomic mass is 10.2. The first kappa shape index (κ1) is 9.21. The van der Waals surface area contributed by atoms with Gasteiger partial charge in [-0.25, -0.2) is 4.98 Å². The smallest absolute Gasteiger partial charge is 0.129 e. The molecule has 2 rings (SSSR count). The van der Waals surface area contributed by atoms with Crippen molar-refractivity contribution >= 4 is 15.9 Å². The predicted octanol–water partition coefficient (Wildman–Crippen LogP) is 1.87. The number of hydrogen-bond donors (Lipinski definition) is 1. The summed E-state index contributed by atoms with van der Waals surface area (Å²) in [4.78, 5) is 4.50. The molecule has 1 aliphatic rings. The number of nitrogens with one attached hydrogen (secondary N) is 1. The molecule has 1 atom stereocenters. The summed E-state index contributed by atoms with van der Waals surface area (Å²) in [5, 5.41) is 3.43. The zero-order chi connectivity index (χ0) is 9.42. The van der Waals surface area contributed by atoms with Crippen molar-refractivity contribution in [1.82, 2.24) is 14.9 Å². The molecular formula is C9H14BrN3. The lowest BCUT2D eigenvalue weighted by Gasteiger charge is -2.23. The lowest BCUT2D eigenvalue weighted by molar-refractivity contribution is 0.438. The number of aryl methyl sites for hydroxylation is 1. The van der Waals surface area contributed by atoms with Crippen molar-refractivity contribution in [2.75, 3.05) is 6.54 Å². The van der Waals surface area contributed by atoms with Crippen LogP contribution in [0, 0.1) is 0 Å². The Morgan fingerprint density at radius 1 is 1.69 bits per heavy atom. The van der Waals surface area contributed by atoms with Crippen molar-refractivity contribution in [2.24, 2.45) is 0 Å². The van der Waals surface area contributed by atoms with Crippen LogP contribution in [0.5, 0.6) is 0 Å². The average Bonchev–Trinajstić information content (AvgIpc) is 2.44. The fourth-order valence-electron chi connectivity index (χ4n) is 1.90. The van der Waals surface area contributed by atoms with E-state index in [2.05, 4.69) is 44.6 Å². The molecule has 1 aromatic rings. The Morgan fingerprint density at radius 3 is 3.15 bits per heavy atom. The normalized spacial score (nSPS) is 21.6. The Labute approximate surface area is 86.7 Å². The summed E-state index contributed by atoms with van der Waals surface area (Å²) in [7, 11) is 0. The van der Waals surface area contributed by atoms with Crippen LogP contribution in [-0.2, 0) is 13.0 Å². The second kappa shape index (κ2) is 3.42. The van der Waals surface area contributed by atoms with Gasteiger partial charge in [0, 0.05) is 25.6 Å². The first-order valence-corrected chi connectivity index (χ1v) is 5.51. The minimum atomic E-state index is 0.413. The Kier molecular flexibility index (Phi) is 2.43. The van der Waals surface area contributed by atoms with Gasteiger partial charge in [0.1, 0.15) is 10.4 Å². The van der Waals surface area contributed by atoms with Crippen LogP contribution in [-0.4, -0.2) is 16.1 Å². The SMILES string of the molecule is CCc1nc(Br)c2n1CCNC2C. The predicted molar refractivity (Wildman–Crippen MR) is 55.7 cm³/mol. The van der Waals surface area contributed by atoms with E-state index in [-0.39, 0.29) is 0 Å². The minimum Gasteiger partial charge on any atom is -0.328 e. The van der Waals surface area contributed by atoms with Gasteiger partial charge in [0.2, 0.25) is 0 Å². The molecule has 0 amide bonds. The Bertz CT molecular complexity index is 319. The first-order chi connectivity index (χ1) is 6.24. The Morgan fingerprint density at radius 2 is 2.46 bits per heavy atom. The van der Waals surface area contributed by atoms with Gasteiger partial charge in [0.15, 0.2) is 0 Å². The van der Waals surface area contributed by atoms with E-state index < -0.39 is 0 Å². The van der Waals surface area contributed by atoms with Gasteiger partial charge in [0.25, 0.3) is 0 Å². The molecule has 1 unspecified atom stereocenters. The molecule has 1 N–H and O–H groups in total. The summed E-state index contributed by atoms with van der Waals surface area (Å²) in [6, 6.07) is 0.413. The topological polar surface area (TPSA) is 29.9 Å². The van der Waals surface area contributed by atoms with E-state index in [0.717, 1.165) is 24.1 Å². The van der Waals surface area contributed by atoms with E-state index in [9.17, 15) is 0 Å². The molecule has 4 heteroatoms. The highest BCUT2D eigenvalue weighted by Crippen LogP contribution is 2.26. The van der Waals surface area contributed by atoms with Gasteiger partial charge in [0.05, 0.1) is 5.69 Å². The standard InChI is InChI=1S/C9H14BrN3/c1-3-7-12-9(10)8-6(2)11-4-5-13(7)8/h6,11H,3-5H2,1-2H3. The van der Waals surface area contributed by atoms with Crippen molar-refractivity contribution in [3.05, 3.63) is 16.1 Å². The van der Waals surface area contributed by atoms with E-state index in [1.807, 2.05) is 0 Å². The fraction of sp³-hybridized carbons (Fsp3) is 0.667. The third-order valence-corrected chi connectivity index (χ3v) is 3.14. The van der Waals surface area contributed by atoms with Gasteiger partial charge in [-0.1, -0.05) is 6.92 Å². The zero-order valence-corrected chi connectivity index (χ0v) is 9.56. The summed E-state index contributed by atoms with van der Waals surface area (Å²) in [5.41, 5.74) is 1.29. The van der Waals surface area contributed by atoms with E-state index in [4.69, 9.17) is 0 Å². The summed E-state index contributed by atoms with van der Waals surface area (Å²) in [6.07, 6.45) is 1.01. The number of nitrogens with zero attached hydrogens (tertiary/aromatic N) is 2. The van der Waals surface area contributed by atoms with E-state index in [0.29, 0.717) is 6.04 Å². The van der Waals surface area contributed by atoms with Crippen LogP contribution >= 0.6 is 15.9 Å². The van der Waals surface area contributed by atoms with Gasteiger partial charge in [-0.3, -0.25) is 0 Å². The van der Waals surface area contributed by atoms with Crippen LogP contribution in [0.3, 0.4) is 0 Å². The molecule has 0 fully saturated rings. The summed E-state index contributed by atoms with van der Waals surface area (Å²) in [5.74, 6) is 1.19. The maximum absolute atomic E-state index is 4.50. The van der Waals surface area contributed by atoms with E-state index >= 15 is 0 Å². The quantitative estimate of drug-likeness (QED) is 0.817. The van der Waals surface area contributed by atoms with Crippen molar-refractivity contribution in [3.63, 3.8) is 0 Å². The number of halogens is 1. The van der Waals surface area contributed by atoms with Gasteiger partial charge < -0.3 is 9.88 Å². The molecule has 1 aromatic heterocycles. The molecule has 0 bridgehead atoms. The highest BCUT2D eigenvalue weighted by molar-refractivity contribution is 9.10.